The van der Waals surface area contributed by atoms with E-state index in [2.05, 4.69) is 15.2 Å². The molecule has 0 unspecified atom stereocenters. The maximum Gasteiger partial charge on any atom is 0.343 e. The highest BCUT2D eigenvalue weighted by Gasteiger charge is 2.15. The summed E-state index contributed by atoms with van der Waals surface area (Å²) in [5.74, 6) is 0.105. The predicted molar refractivity (Wildman–Crippen MR) is 159 cm³/mol. The number of carbonyl (C=O) groups is 2. The molecule has 0 aromatic heterocycles. The molecule has 0 spiro atoms. The van der Waals surface area contributed by atoms with E-state index in [1.165, 1.54) is 61.9 Å². The fourth-order valence-electron chi connectivity index (χ4n) is 3.59. The van der Waals surface area contributed by atoms with Crippen LogP contribution in [0.4, 0.5) is 5.69 Å². The Morgan fingerprint density at radius 1 is 0.881 bits per heavy atom. The molecule has 0 saturated heterocycles. The highest BCUT2D eigenvalue weighted by molar-refractivity contribution is 7.92. The fourth-order valence-corrected chi connectivity index (χ4v) is 4.78. The lowest BCUT2D eigenvalue weighted by Gasteiger charge is -2.11. The second-order valence-electron chi connectivity index (χ2n) is 8.59. The van der Waals surface area contributed by atoms with Gasteiger partial charge in [0.15, 0.2) is 11.5 Å². The van der Waals surface area contributed by atoms with Gasteiger partial charge in [-0.3, -0.25) is 9.52 Å². The van der Waals surface area contributed by atoms with Crippen LogP contribution in [0.2, 0.25) is 5.02 Å². The fraction of sp³-hybridized carbons (Fsp3) is 0.100. The molecule has 42 heavy (non-hydrogen) atoms. The van der Waals surface area contributed by atoms with Gasteiger partial charge in [0.1, 0.15) is 5.75 Å². The van der Waals surface area contributed by atoms with E-state index in [4.69, 9.17) is 25.8 Å². The van der Waals surface area contributed by atoms with Crippen molar-refractivity contribution in [3.05, 3.63) is 113 Å². The lowest BCUT2D eigenvalue weighted by atomic mass is 10.2. The maximum atomic E-state index is 12.6. The summed E-state index contributed by atoms with van der Waals surface area (Å²) in [7, 11) is -2.28. The van der Waals surface area contributed by atoms with Crippen molar-refractivity contribution < 1.29 is 32.2 Å². The second-order valence-corrected chi connectivity index (χ2v) is 10.7. The summed E-state index contributed by atoms with van der Waals surface area (Å²) in [5, 5.41) is 4.40. The molecule has 0 heterocycles. The Morgan fingerprint density at radius 3 is 2.19 bits per heavy atom. The molecule has 4 aromatic carbocycles. The van der Waals surface area contributed by atoms with Gasteiger partial charge in [-0.2, -0.15) is 5.10 Å². The van der Waals surface area contributed by atoms with Crippen LogP contribution in [0.25, 0.3) is 0 Å². The van der Waals surface area contributed by atoms with E-state index < -0.39 is 21.9 Å². The van der Waals surface area contributed by atoms with E-state index in [0.717, 1.165) is 0 Å². The Labute approximate surface area is 247 Å². The first-order chi connectivity index (χ1) is 20.2. The largest absolute Gasteiger partial charge is 0.497 e. The zero-order valence-electron chi connectivity index (χ0n) is 22.5. The van der Waals surface area contributed by atoms with Crippen LogP contribution in [-0.4, -0.2) is 40.2 Å². The molecular formula is C30H26ClN3O7S. The Hall–Kier alpha value is -4.87. The Bertz CT molecular complexity index is 1690. The van der Waals surface area contributed by atoms with Crippen molar-refractivity contribution in [1.82, 2.24) is 5.43 Å². The lowest BCUT2D eigenvalue weighted by molar-refractivity contribution is 0.0728. The van der Waals surface area contributed by atoms with Gasteiger partial charge in [-0.05, 0) is 103 Å². The Morgan fingerprint density at radius 2 is 1.55 bits per heavy atom. The monoisotopic (exact) mass is 607 g/mol. The van der Waals surface area contributed by atoms with Gasteiger partial charge < -0.3 is 14.2 Å². The zero-order valence-corrected chi connectivity index (χ0v) is 24.1. The van der Waals surface area contributed by atoms with Crippen LogP contribution in [-0.2, 0) is 10.0 Å². The normalized spacial score (nSPS) is 11.1. The van der Waals surface area contributed by atoms with Crippen LogP contribution in [0.3, 0.4) is 0 Å². The number of nitrogens with one attached hydrogen (secondary N) is 2. The minimum Gasteiger partial charge on any atom is -0.497 e. The second kappa shape index (κ2) is 13.7. The van der Waals surface area contributed by atoms with E-state index in [1.54, 1.807) is 49.4 Å². The molecular weight excluding hydrogens is 582 g/mol. The van der Waals surface area contributed by atoms with Gasteiger partial charge in [0.05, 0.1) is 30.4 Å². The number of halogens is 1. The molecule has 0 atom stereocenters. The van der Waals surface area contributed by atoms with E-state index in [9.17, 15) is 18.0 Å². The van der Waals surface area contributed by atoms with E-state index >= 15 is 0 Å². The number of sulfonamides is 1. The van der Waals surface area contributed by atoms with E-state index in [-0.39, 0.29) is 21.9 Å². The maximum absolute atomic E-state index is 12.6. The van der Waals surface area contributed by atoms with Crippen molar-refractivity contribution in [3.8, 4) is 17.2 Å². The van der Waals surface area contributed by atoms with Gasteiger partial charge in [0, 0.05) is 16.3 Å². The van der Waals surface area contributed by atoms with E-state index in [1.807, 2.05) is 0 Å². The number of nitrogens with zero attached hydrogens (tertiary/aromatic N) is 1. The van der Waals surface area contributed by atoms with Gasteiger partial charge in [-0.1, -0.05) is 11.6 Å². The summed E-state index contributed by atoms with van der Waals surface area (Å²) in [6.45, 7) is 2.13. The predicted octanol–water partition coefficient (Wildman–Crippen LogP) is 5.53. The number of hydrogen-bond donors (Lipinski definition) is 2. The molecule has 10 nitrogen and oxygen atoms in total. The molecule has 0 radical (unpaired) electrons. The van der Waals surface area contributed by atoms with Crippen LogP contribution < -0.4 is 24.4 Å². The van der Waals surface area contributed by atoms with Gasteiger partial charge in [-0.15, -0.1) is 0 Å². The molecule has 0 saturated carbocycles. The summed E-state index contributed by atoms with van der Waals surface area (Å²) < 4.78 is 43.8. The quantitative estimate of drug-likeness (QED) is 0.0991. The molecule has 0 aliphatic carbocycles. The molecule has 4 rings (SSSR count). The van der Waals surface area contributed by atoms with Crippen LogP contribution in [0.1, 0.15) is 33.2 Å². The molecule has 0 aliphatic heterocycles. The summed E-state index contributed by atoms with van der Waals surface area (Å²) in [6.07, 6.45) is 1.41. The zero-order chi connectivity index (χ0) is 30.1. The minimum atomic E-state index is -3.82. The summed E-state index contributed by atoms with van der Waals surface area (Å²) in [4.78, 5) is 25.2. The third kappa shape index (κ3) is 7.87. The van der Waals surface area contributed by atoms with Crippen LogP contribution in [0.5, 0.6) is 17.2 Å². The summed E-state index contributed by atoms with van der Waals surface area (Å²) in [5.41, 5.74) is 3.88. The van der Waals surface area contributed by atoms with Gasteiger partial charge in [0.2, 0.25) is 0 Å². The number of anilines is 1. The van der Waals surface area contributed by atoms with Crippen molar-refractivity contribution in [2.45, 2.75) is 11.8 Å². The molecule has 0 aliphatic rings. The minimum absolute atomic E-state index is 0.0546. The highest BCUT2D eigenvalue weighted by Crippen LogP contribution is 2.29. The number of hydrazone groups is 1. The number of rotatable bonds is 11. The first-order valence-corrected chi connectivity index (χ1v) is 14.4. The van der Waals surface area contributed by atoms with Crippen molar-refractivity contribution in [2.24, 2.45) is 5.10 Å². The molecule has 1 amide bonds. The molecule has 12 heteroatoms. The topological polar surface area (TPSA) is 132 Å². The number of methoxy groups -OCH3 is 1. The van der Waals surface area contributed by atoms with Crippen molar-refractivity contribution in [1.29, 1.82) is 0 Å². The van der Waals surface area contributed by atoms with Crippen molar-refractivity contribution >= 4 is 45.4 Å². The van der Waals surface area contributed by atoms with Crippen molar-refractivity contribution in [2.75, 3.05) is 18.4 Å². The number of carbonyl (C=O) groups excluding carboxylic acids is 2. The molecule has 0 fully saturated rings. The standard InChI is InChI=1S/C30H26ClN3O7S/c1-3-40-28-18-20(4-17-27(28)41-30(36)22-7-13-25(39-2)14-8-22)19-32-33-29(35)21-5-11-24(12-6-21)34-42(37,38)26-15-9-23(31)10-16-26/h4-19,34H,3H2,1-2H3,(H,33,35)/b32-19-. The molecule has 2 N–H and O–H groups in total. The van der Waals surface area contributed by atoms with Crippen LogP contribution >= 0.6 is 11.6 Å². The van der Waals surface area contributed by atoms with Gasteiger partial charge in [-0.25, -0.2) is 18.6 Å². The number of hydrogen-bond acceptors (Lipinski definition) is 8. The number of esters is 1. The number of benzene rings is 4. The molecule has 0 bridgehead atoms. The Balaban J connectivity index is 1.37. The van der Waals surface area contributed by atoms with Crippen molar-refractivity contribution in [3.63, 3.8) is 0 Å². The first kappa shape index (κ1) is 30.1. The van der Waals surface area contributed by atoms with Crippen LogP contribution in [0.15, 0.2) is 101 Å². The smallest absolute Gasteiger partial charge is 0.343 e. The SMILES string of the molecule is CCOc1cc(/C=N\NC(=O)c2ccc(NS(=O)(=O)c3ccc(Cl)cc3)cc2)ccc1OC(=O)c1ccc(OC)cc1. The number of ether oxygens (including phenoxy) is 3. The summed E-state index contributed by atoms with van der Waals surface area (Å²) in [6, 6.07) is 23.0. The highest BCUT2D eigenvalue weighted by atomic mass is 35.5. The average molecular weight is 608 g/mol. The van der Waals surface area contributed by atoms with Gasteiger partial charge >= 0.3 is 5.97 Å². The summed E-state index contributed by atoms with van der Waals surface area (Å²) >= 11 is 5.82. The molecule has 216 valence electrons. The first-order valence-electron chi connectivity index (χ1n) is 12.5. The molecule has 4 aromatic rings. The lowest BCUT2D eigenvalue weighted by Crippen LogP contribution is -2.18. The van der Waals surface area contributed by atoms with Gasteiger partial charge in [0.25, 0.3) is 15.9 Å². The van der Waals surface area contributed by atoms with E-state index in [0.29, 0.717) is 34.3 Å². The Kier molecular flexibility index (Phi) is 9.79. The van der Waals surface area contributed by atoms with Crippen LogP contribution in [0, 0.1) is 0 Å². The third-order valence-corrected chi connectivity index (χ3v) is 7.35. The third-order valence-electron chi connectivity index (χ3n) is 5.70. The number of amides is 1. The average Bonchev–Trinajstić information content (AvgIpc) is 2.99.